The number of anilines is 1. The lowest BCUT2D eigenvalue weighted by Gasteiger charge is -2.17. The van der Waals surface area contributed by atoms with E-state index >= 15 is 0 Å². The van der Waals surface area contributed by atoms with Crippen molar-refractivity contribution in [3.05, 3.63) is 40.1 Å². The molecule has 0 aliphatic heterocycles. The summed E-state index contributed by atoms with van der Waals surface area (Å²) in [7, 11) is 0. The lowest BCUT2D eigenvalue weighted by atomic mass is 10.1. The SMILES string of the molecule is CCc1ccc(N(N)/C=C(\N)Br)c(C)c1. The lowest BCUT2D eigenvalue weighted by molar-refractivity contribution is 1.05. The summed E-state index contributed by atoms with van der Waals surface area (Å²) < 4.78 is 0.504. The van der Waals surface area contributed by atoms with Gasteiger partial charge < -0.3 is 5.73 Å². The molecule has 1 aromatic rings. The zero-order valence-corrected chi connectivity index (χ0v) is 10.6. The summed E-state index contributed by atoms with van der Waals surface area (Å²) in [6.07, 6.45) is 2.66. The minimum Gasteiger partial charge on any atom is -0.392 e. The number of rotatable bonds is 3. The maximum Gasteiger partial charge on any atom is 0.0934 e. The summed E-state index contributed by atoms with van der Waals surface area (Å²) in [4.78, 5) is 0. The second kappa shape index (κ2) is 5.19. The van der Waals surface area contributed by atoms with Crippen LogP contribution >= 0.6 is 15.9 Å². The van der Waals surface area contributed by atoms with Crippen molar-refractivity contribution in [2.24, 2.45) is 11.6 Å². The standard InChI is InChI=1S/C11H16BrN3/c1-3-9-4-5-10(8(2)6-9)15(14)7-11(12)13/h4-7H,3,13-14H2,1-2H3/b11-7-. The molecule has 1 rings (SSSR count). The summed E-state index contributed by atoms with van der Waals surface area (Å²) in [5.74, 6) is 5.84. The lowest BCUT2D eigenvalue weighted by Crippen LogP contribution is -2.26. The van der Waals surface area contributed by atoms with Gasteiger partial charge in [0.25, 0.3) is 0 Å². The van der Waals surface area contributed by atoms with Crippen molar-refractivity contribution in [2.45, 2.75) is 20.3 Å². The van der Waals surface area contributed by atoms with E-state index in [1.54, 1.807) is 6.20 Å². The van der Waals surface area contributed by atoms with Crippen LogP contribution in [0.3, 0.4) is 0 Å². The Balaban J connectivity index is 3.00. The number of aryl methyl sites for hydroxylation is 2. The molecule has 0 spiro atoms. The van der Waals surface area contributed by atoms with Gasteiger partial charge in [0.2, 0.25) is 0 Å². The van der Waals surface area contributed by atoms with E-state index in [0.29, 0.717) is 4.61 Å². The van der Waals surface area contributed by atoms with Crippen LogP contribution in [-0.2, 0) is 6.42 Å². The van der Waals surface area contributed by atoms with Gasteiger partial charge in [-0.25, -0.2) is 5.84 Å². The molecule has 4 N–H and O–H groups in total. The highest BCUT2D eigenvalue weighted by Crippen LogP contribution is 2.20. The zero-order valence-electron chi connectivity index (χ0n) is 9.00. The Hall–Kier alpha value is -1.00. The third-order valence-corrected chi connectivity index (χ3v) is 2.41. The Morgan fingerprint density at radius 2 is 2.20 bits per heavy atom. The Bertz CT molecular complexity index is 370. The van der Waals surface area contributed by atoms with Crippen molar-refractivity contribution in [2.75, 3.05) is 5.01 Å². The van der Waals surface area contributed by atoms with Gasteiger partial charge in [-0.1, -0.05) is 19.1 Å². The fourth-order valence-corrected chi connectivity index (χ4v) is 1.65. The molecular weight excluding hydrogens is 254 g/mol. The molecule has 0 heterocycles. The first kappa shape index (κ1) is 12.1. The topological polar surface area (TPSA) is 55.3 Å². The predicted octanol–water partition coefficient (Wildman–Crippen LogP) is 2.39. The van der Waals surface area contributed by atoms with E-state index in [1.807, 2.05) is 13.0 Å². The Morgan fingerprint density at radius 1 is 1.53 bits per heavy atom. The van der Waals surface area contributed by atoms with Gasteiger partial charge in [-0.3, -0.25) is 5.01 Å². The summed E-state index contributed by atoms with van der Waals surface area (Å²) in [5.41, 5.74) is 8.89. The van der Waals surface area contributed by atoms with Gasteiger partial charge in [0.1, 0.15) is 0 Å². The minimum absolute atomic E-state index is 0.504. The molecule has 0 saturated carbocycles. The summed E-state index contributed by atoms with van der Waals surface area (Å²) in [6.45, 7) is 4.16. The first-order valence-electron chi connectivity index (χ1n) is 4.81. The van der Waals surface area contributed by atoms with E-state index in [0.717, 1.165) is 17.7 Å². The summed E-state index contributed by atoms with van der Waals surface area (Å²) >= 11 is 3.14. The number of hydrogen-bond acceptors (Lipinski definition) is 3. The molecule has 15 heavy (non-hydrogen) atoms. The predicted molar refractivity (Wildman–Crippen MR) is 68.4 cm³/mol. The molecule has 0 aliphatic rings. The Morgan fingerprint density at radius 3 is 2.67 bits per heavy atom. The molecule has 0 atom stereocenters. The third kappa shape index (κ3) is 3.25. The van der Waals surface area contributed by atoms with Gasteiger partial charge in [0.15, 0.2) is 0 Å². The number of hydrogen-bond donors (Lipinski definition) is 2. The zero-order chi connectivity index (χ0) is 11.4. The van der Waals surface area contributed by atoms with Gasteiger partial charge in [-0.2, -0.15) is 0 Å². The quantitative estimate of drug-likeness (QED) is 0.503. The summed E-state index contributed by atoms with van der Waals surface area (Å²) in [5, 5.41) is 1.51. The van der Waals surface area contributed by atoms with Gasteiger partial charge >= 0.3 is 0 Å². The van der Waals surface area contributed by atoms with E-state index in [-0.39, 0.29) is 0 Å². The molecule has 82 valence electrons. The van der Waals surface area contributed by atoms with Crippen LogP contribution in [0.4, 0.5) is 5.69 Å². The second-order valence-electron chi connectivity index (χ2n) is 3.40. The molecule has 0 unspecified atom stereocenters. The highest BCUT2D eigenvalue weighted by Gasteiger charge is 2.03. The molecule has 0 aliphatic carbocycles. The Labute approximate surface area is 98.8 Å². The van der Waals surface area contributed by atoms with E-state index in [9.17, 15) is 0 Å². The average molecular weight is 270 g/mol. The minimum atomic E-state index is 0.504. The molecule has 0 fully saturated rings. The van der Waals surface area contributed by atoms with Crippen LogP contribution in [-0.4, -0.2) is 0 Å². The highest BCUT2D eigenvalue weighted by molar-refractivity contribution is 9.11. The van der Waals surface area contributed by atoms with E-state index in [1.165, 1.54) is 10.6 Å². The molecule has 3 nitrogen and oxygen atoms in total. The number of nitrogens with two attached hydrogens (primary N) is 2. The van der Waals surface area contributed by atoms with E-state index < -0.39 is 0 Å². The van der Waals surface area contributed by atoms with Gasteiger partial charge in [-0.15, -0.1) is 0 Å². The van der Waals surface area contributed by atoms with E-state index in [2.05, 4.69) is 35.0 Å². The maximum absolute atomic E-state index is 5.84. The number of benzene rings is 1. The van der Waals surface area contributed by atoms with Crippen molar-refractivity contribution < 1.29 is 0 Å². The monoisotopic (exact) mass is 269 g/mol. The van der Waals surface area contributed by atoms with Crippen LogP contribution in [0.1, 0.15) is 18.1 Å². The fourth-order valence-electron chi connectivity index (χ4n) is 1.43. The first-order valence-corrected chi connectivity index (χ1v) is 5.60. The van der Waals surface area contributed by atoms with Gasteiger partial charge in [-0.05, 0) is 46.5 Å². The molecule has 0 saturated heterocycles. The molecular formula is C11H16BrN3. The maximum atomic E-state index is 5.84. The fraction of sp³-hybridized carbons (Fsp3) is 0.273. The van der Waals surface area contributed by atoms with Crippen LogP contribution in [0.15, 0.2) is 29.0 Å². The largest absolute Gasteiger partial charge is 0.392 e. The van der Waals surface area contributed by atoms with Gasteiger partial charge in [0, 0.05) is 0 Å². The van der Waals surface area contributed by atoms with Crippen molar-refractivity contribution in [1.82, 2.24) is 0 Å². The van der Waals surface area contributed by atoms with Crippen LogP contribution in [0.25, 0.3) is 0 Å². The molecule has 0 radical (unpaired) electrons. The van der Waals surface area contributed by atoms with E-state index in [4.69, 9.17) is 11.6 Å². The van der Waals surface area contributed by atoms with Gasteiger partial charge in [0.05, 0.1) is 16.5 Å². The third-order valence-electron chi connectivity index (χ3n) is 2.21. The van der Waals surface area contributed by atoms with Crippen LogP contribution in [0.2, 0.25) is 0 Å². The number of halogens is 1. The van der Waals surface area contributed by atoms with Crippen LogP contribution < -0.4 is 16.6 Å². The van der Waals surface area contributed by atoms with Crippen molar-refractivity contribution in [3.63, 3.8) is 0 Å². The van der Waals surface area contributed by atoms with Crippen molar-refractivity contribution >= 4 is 21.6 Å². The van der Waals surface area contributed by atoms with Crippen LogP contribution in [0.5, 0.6) is 0 Å². The molecule has 0 amide bonds. The molecule has 1 aromatic carbocycles. The summed E-state index contributed by atoms with van der Waals surface area (Å²) in [6, 6.07) is 6.20. The van der Waals surface area contributed by atoms with Crippen molar-refractivity contribution in [1.29, 1.82) is 0 Å². The molecule has 4 heteroatoms. The molecule has 0 bridgehead atoms. The highest BCUT2D eigenvalue weighted by atomic mass is 79.9. The van der Waals surface area contributed by atoms with Crippen molar-refractivity contribution in [3.8, 4) is 0 Å². The first-order chi connectivity index (χ1) is 7.04. The average Bonchev–Trinajstić information content (AvgIpc) is 2.16. The molecule has 0 aromatic heterocycles. The smallest absolute Gasteiger partial charge is 0.0934 e. The number of hydrazine groups is 1. The second-order valence-corrected chi connectivity index (χ2v) is 4.31. The normalized spacial score (nSPS) is 11.6. The Kier molecular flexibility index (Phi) is 4.17. The van der Waals surface area contributed by atoms with Crippen LogP contribution in [0, 0.1) is 6.92 Å². The number of nitrogens with zero attached hydrogens (tertiary/aromatic N) is 1.